The van der Waals surface area contributed by atoms with Gasteiger partial charge in [0.1, 0.15) is 5.69 Å². The Hall–Kier alpha value is -0.910. The molecule has 1 rings (SSSR count). The standard InChI is InChI=1S/C12H21ClN4O/c1-9(4-5-14)12(18)11-10(13)8-15-17(11)7-6-16(2)3/h8-9H,4-7,14H2,1-3H3. The second kappa shape index (κ2) is 6.87. The van der Waals surface area contributed by atoms with Crippen LogP contribution < -0.4 is 5.73 Å². The molecule has 0 bridgehead atoms. The van der Waals surface area contributed by atoms with Gasteiger partial charge >= 0.3 is 0 Å². The Kier molecular flexibility index (Phi) is 5.78. The first-order valence-electron chi connectivity index (χ1n) is 6.07. The van der Waals surface area contributed by atoms with Crippen molar-refractivity contribution in [3.05, 3.63) is 16.9 Å². The molecule has 102 valence electrons. The number of hydrogen-bond donors (Lipinski definition) is 1. The molecule has 1 heterocycles. The summed E-state index contributed by atoms with van der Waals surface area (Å²) >= 11 is 6.05. The van der Waals surface area contributed by atoms with E-state index in [1.807, 2.05) is 25.9 Å². The maximum absolute atomic E-state index is 12.3. The maximum atomic E-state index is 12.3. The van der Waals surface area contributed by atoms with Gasteiger partial charge < -0.3 is 10.6 Å². The van der Waals surface area contributed by atoms with Crippen molar-refractivity contribution in [1.82, 2.24) is 14.7 Å². The molecule has 1 aromatic rings. The van der Waals surface area contributed by atoms with Gasteiger partial charge in [-0.25, -0.2) is 0 Å². The van der Waals surface area contributed by atoms with Gasteiger partial charge in [-0.1, -0.05) is 18.5 Å². The van der Waals surface area contributed by atoms with E-state index in [1.54, 1.807) is 4.68 Å². The number of carbonyl (C=O) groups is 1. The summed E-state index contributed by atoms with van der Waals surface area (Å²) in [6.45, 7) is 3.82. The van der Waals surface area contributed by atoms with Crippen LogP contribution in [-0.4, -0.2) is 47.6 Å². The zero-order chi connectivity index (χ0) is 13.7. The smallest absolute Gasteiger partial charge is 0.185 e. The average molecular weight is 273 g/mol. The predicted molar refractivity (Wildman–Crippen MR) is 73.0 cm³/mol. The molecule has 0 amide bonds. The van der Waals surface area contributed by atoms with Crippen LogP contribution in [-0.2, 0) is 6.54 Å². The van der Waals surface area contributed by atoms with Gasteiger partial charge in [-0.2, -0.15) is 5.10 Å². The van der Waals surface area contributed by atoms with E-state index in [2.05, 4.69) is 5.10 Å². The number of likely N-dealkylation sites (N-methyl/N-ethyl adjacent to an activating group) is 1. The number of hydrogen-bond acceptors (Lipinski definition) is 4. The lowest BCUT2D eigenvalue weighted by Gasteiger charge is -2.14. The largest absolute Gasteiger partial charge is 0.330 e. The van der Waals surface area contributed by atoms with Crippen LogP contribution in [0.5, 0.6) is 0 Å². The lowest BCUT2D eigenvalue weighted by atomic mass is 10.0. The van der Waals surface area contributed by atoms with Gasteiger partial charge in [-0.15, -0.1) is 0 Å². The number of carbonyl (C=O) groups excluding carboxylic acids is 1. The first kappa shape index (κ1) is 15.1. The van der Waals surface area contributed by atoms with Crippen molar-refractivity contribution in [1.29, 1.82) is 0 Å². The van der Waals surface area contributed by atoms with Crippen LogP contribution in [0.1, 0.15) is 23.8 Å². The highest BCUT2D eigenvalue weighted by Crippen LogP contribution is 2.20. The van der Waals surface area contributed by atoms with Gasteiger partial charge in [0.2, 0.25) is 0 Å². The molecule has 0 saturated carbocycles. The third-order valence-corrected chi connectivity index (χ3v) is 3.11. The Morgan fingerprint density at radius 3 is 2.83 bits per heavy atom. The highest BCUT2D eigenvalue weighted by Gasteiger charge is 2.22. The zero-order valence-corrected chi connectivity index (χ0v) is 11.9. The summed E-state index contributed by atoms with van der Waals surface area (Å²) in [5.74, 6) is -0.107. The molecular formula is C12H21ClN4O. The van der Waals surface area contributed by atoms with E-state index in [9.17, 15) is 4.79 Å². The van der Waals surface area contributed by atoms with Gasteiger partial charge in [0.25, 0.3) is 0 Å². The lowest BCUT2D eigenvalue weighted by Crippen LogP contribution is -2.24. The second-order valence-electron chi connectivity index (χ2n) is 4.71. The van der Waals surface area contributed by atoms with Crippen molar-refractivity contribution < 1.29 is 4.79 Å². The zero-order valence-electron chi connectivity index (χ0n) is 11.2. The quantitative estimate of drug-likeness (QED) is 0.759. The van der Waals surface area contributed by atoms with Crippen molar-refractivity contribution in [2.45, 2.75) is 19.9 Å². The molecule has 0 fully saturated rings. The molecule has 1 aromatic heterocycles. The predicted octanol–water partition coefficient (Wildman–Crippen LogP) is 1.27. The number of nitrogens with two attached hydrogens (primary N) is 1. The van der Waals surface area contributed by atoms with Crippen molar-refractivity contribution >= 4 is 17.4 Å². The number of ketones is 1. The van der Waals surface area contributed by atoms with Gasteiger partial charge in [0, 0.05) is 12.5 Å². The Morgan fingerprint density at radius 1 is 1.61 bits per heavy atom. The van der Waals surface area contributed by atoms with Crippen molar-refractivity contribution in [2.24, 2.45) is 11.7 Å². The first-order chi connectivity index (χ1) is 8.47. The van der Waals surface area contributed by atoms with Crippen LogP contribution in [0.4, 0.5) is 0 Å². The Balaban J connectivity index is 2.86. The Labute approximate surface area is 113 Å². The van der Waals surface area contributed by atoms with E-state index in [0.29, 0.717) is 30.2 Å². The van der Waals surface area contributed by atoms with E-state index in [0.717, 1.165) is 6.54 Å². The number of Topliss-reactive ketones (excluding diaryl/α,β-unsaturated/α-hetero) is 1. The van der Waals surface area contributed by atoms with Gasteiger partial charge in [0.15, 0.2) is 5.78 Å². The molecule has 0 radical (unpaired) electrons. The van der Waals surface area contributed by atoms with Crippen LogP contribution in [0.25, 0.3) is 0 Å². The summed E-state index contributed by atoms with van der Waals surface area (Å²) in [5.41, 5.74) is 5.98. The molecule has 0 saturated heterocycles. The highest BCUT2D eigenvalue weighted by atomic mass is 35.5. The lowest BCUT2D eigenvalue weighted by molar-refractivity contribution is 0.0914. The minimum atomic E-state index is -0.123. The van der Waals surface area contributed by atoms with E-state index >= 15 is 0 Å². The topological polar surface area (TPSA) is 64.2 Å². The SMILES string of the molecule is CC(CCN)C(=O)c1c(Cl)cnn1CCN(C)C. The fraction of sp³-hybridized carbons (Fsp3) is 0.667. The van der Waals surface area contributed by atoms with Crippen LogP contribution in [0.15, 0.2) is 6.20 Å². The Morgan fingerprint density at radius 2 is 2.28 bits per heavy atom. The van der Waals surface area contributed by atoms with Crippen LogP contribution >= 0.6 is 11.6 Å². The fourth-order valence-electron chi connectivity index (χ4n) is 1.69. The molecule has 2 N–H and O–H groups in total. The van der Waals surface area contributed by atoms with E-state index < -0.39 is 0 Å². The summed E-state index contributed by atoms with van der Waals surface area (Å²) in [4.78, 5) is 14.3. The molecule has 0 aliphatic heterocycles. The average Bonchev–Trinajstić information content (AvgIpc) is 2.67. The van der Waals surface area contributed by atoms with Gasteiger partial charge in [-0.3, -0.25) is 9.48 Å². The summed E-state index contributed by atoms with van der Waals surface area (Å²) < 4.78 is 1.68. The number of rotatable bonds is 7. The monoisotopic (exact) mass is 272 g/mol. The second-order valence-corrected chi connectivity index (χ2v) is 5.12. The molecule has 5 nitrogen and oxygen atoms in total. The molecule has 6 heteroatoms. The maximum Gasteiger partial charge on any atom is 0.185 e. The third kappa shape index (κ3) is 3.80. The fourth-order valence-corrected chi connectivity index (χ4v) is 1.92. The number of aromatic nitrogens is 2. The van der Waals surface area contributed by atoms with Gasteiger partial charge in [-0.05, 0) is 27.1 Å². The van der Waals surface area contributed by atoms with Crippen molar-refractivity contribution in [3.8, 4) is 0 Å². The number of nitrogens with zero attached hydrogens (tertiary/aromatic N) is 3. The first-order valence-corrected chi connectivity index (χ1v) is 6.45. The molecule has 0 spiro atoms. The van der Waals surface area contributed by atoms with Crippen LogP contribution in [0.3, 0.4) is 0 Å². The summed E-state index contributed by atoms with van der Waals surface area (Å²) in [7, 11) is 3.95. The summed E-state index contributed by atoms with van der Waals surface area (Å²) in [6, 6.07) is 0. The van der Waals surface area contributed by atoms with Crippen LogP contribution in [0, 0.1) is 5.92 Å². The summed E-state index contributed by atoms with van der Waals surface area (Å²) in [5, 5.41) is 4.58. The minimum absolute atomic E-state index is 0.0155. The van der Waals surface area contributed by atoms with Crippen molar-refractivity contribution in [2.75, 3.05) is 27.2 Å². The Bertz CT molecular complexity index is 403. The minimum Gasteiger partial charge on any atom is -0.330 e. The molecule has 1 unspecified atom stereocenters. The van der Waals surface area contributed by atoms with Crippen LogP contribution in [0.2, 0.25) is 5.02 Å². The molecular weight excluding hydrogens is 252 g/mol. The number of halogens is 1. The molecule has 0 aromatic carbocycles. The molecule has 0 aliphatic rings. The van der Waals surface area contributed by atoms with E-state index in [1.165, 1.54) is 6.20 Å². The van der Waals surface area contributed by atoms with E-state index in [-0.39, 0.29) is 11.7 Å². The molecule has 18 heavy (non-hydrogen) atoms. The van der Waals surface area contributed by atoms with Gasteiger partial charge in [0.05, 0.1) is 17.8 Å². The normalized spacial score (nSPS) is 13.0. The molecule has 0 aliphatic carbocycles. The highest BCUT2D eigenvalue weighted by molar-refractivity contribution is 6.33. The third-order valence-electron chi connectivity index (χ3n) is 2.83. The molecule has 1 atom stereocenters. The van der Waals surface area contributed by atoms with Crippen molar-refractivity contribution in [3.63, 3.8) is 0 Å². The van der Waals surface area contributed by atoms with E-state index in [4.69, 9.17) is 17.3 Å². The summed E-state index contributed by atoms with van der Waals surface area (Å²) in [6.07, 6.45) is 2.19.